The number of nitrogens with one attached hydrogen (secondary N) is 1. The Morgan fingerprint density at radius 2 is 1.96 bits per heavy atom. The van der Waals surface area contributed by atoms with E-state index in [2.05, 4.69) is 17.5 Å². The van der Waals surface area contributed by atoms with Gasteiger partial charge in [0, 0.05) is 11.6 Å². The second-order valence-electron chi connectivity index (χ2n) is 7.08. The molecule has 5 nitrogen and oxygen atoms in total. The van der Waals surface area contributed by atoms with Gasteiger partial charge in [0.05, 0.1) is 25.1 Å². The Morgan fingerprint density at radius 3 is 2.67 bits per heavy atom. The number of esters is 1. The van der Waals surface area contributed by atoms with Crippen LogP contribution in [0.1, 0.15) is 45.4 Å². The number of ether oxygens (including phenoxy) is 1. The van der Waals surface area contributed by atoms with Gasteiger partial charge in [0.15, 0.2) is 0 Å². The lowest BCUT2D eigenvalue weighted by Gasteiger charge is -2.37. The minimum absolute atomic E-state index is 0.0345. The number of benzene rings is 2. The van der Waals surface area contributed by atoms with Crippen LogP contribution in [0.15, 0.2) is 54.6 Å². The van der Waals surface area contributed by atoms with E-state index in [1.165, 1.54) is 7.11 Å². The van der Waals surface area contributed by atoms with Crippen LogP contribution >= 0.6 is 0 Å². The summed E-state index contributed by atoms with van der Waals surface area (Å²) in [6.45, 7) is 0. The van der Waals surface area contributed by atoms with Crippen molar-refractivity contribution in [3.8, 4) is 0 Å². The zero-order valence-electron chi connectivity index (χ0n) is 15.0. The van der Waals surface area contributed by atoms with Crippen LogP contribution in [0.5, 0.6) is 0 Å². The molecule has 1 heterocycles. The van der Waals surface area contributed by atoms with Crippen molar-refractivity contribution < 1.29 is 19.4 Å². The molecule has 0 radical (unpaired) electrons. The predicted octanol–water partition coefficient (Wildman–Crippen LogP) is 3.93. The zero-order chi connectivity index (χ0) is 19.0. The first-order valence-corrected chi connectivity index (χ1v) is 9.03. The van der Waals surface area contributed by atoms with Crippen LogP contribution in [0.2, 0.25) is 0 Å². The van der Waals surface area contributed by atoms with E-state index in [9.17, 15) is 9.59 Å². The summed E-state index contributed by atoms with van der Waals surface area (Å²) in [6.07, 6.45) is 5.42. The van der Waals surface area contributed by atoms with E-state index in [1.807, 2.05) is 30.3 Å². The number of carbonyl (C=O) groups excluding carboxylic acids is 1. The normalized spacial score (nSPS) is 22.5. The minimum atomic E-state index is -0.819. The molecule has 0 saturated heterocycles. The number of methoxy groups -OCH3 is 1. The summed E-state index contributed by atoms with van der Waals surface area (Å²) in [7, 11) is 1.38. The maximum absolute atomic E-state index is 11.7. The van der Waals surface area contributed by atoms with Gasteiger partial charge in [0.25, 0.3) is 0 Å². The van der Waals surface area contributed by atoms with E-state index in [0.29, 0.717) is 11.5 Å². The molecule has 0 amide bonds. The SMILES string of the molecule is COC(=O)c1ccc([C@@H]2Nc3ccc(CC(=O)O)cc3[C@H]3C=CC[C@@H]32)cc1. The van der Waals surface area contributed by atoms with Crippen LogP contribution in [0, 0.1) is 5.92 Å². The Bertz CT molecular complexity index is 916. The summed E-state index contributed by atoms with van der Waals surface area (Å²) >= 11 is 0. The topological polar surface area (TPSA) is 75.6 Å². The molecule has 27 heavy (non-hydrogen) atoms. The molecule has 3 atom stereocenters. The van der Waals surface area contributed by atoms with E-state index in [-0.39, 0.29) is 24.3 Å². The maximum Gasteiger partial charge on any atom is 0.337 e. The van der Waals surface area contributed by atoms with Crippen molar-refractivity contribution in [3.05, 3.63) is 76.9 Å². The number of fused-ring (bicyclic) bond motifs is 3. The summed E-state index contributed by atoms with van der Waals surface area (Å²) in [5.74, 6) is -0.530. The Morgan fingerprint density at radius 1 is 1.19 bits per heavy atom. The Hall–Kier alpha value is -3.08. The molecule has 0 unspecified atom stereocenters. The fourth-order valence-corrected chi connectivity index (χ4v) is 4.20. The first-order chi connectivity index (χ1) is 13.1. The number of anilines is 1. The molecule has 2 aromatic rings. The molecule has 0 spiro atoms. The first-order valence-electron chi connectivity index (χ1n) is 9.03. The Balaban J connectivity index is 1.66. The average molecular weight is 363 g/mol. The zero-order valence-corrected chi connectivity index (χ0v) is 15.0. The molecule has 4 rings (SSSR count). The lowest BCUT2D eigenvalue weighted by Crippen LogP contribution is -2.29. The molecule has 0 aromatic heterocycles. The number of carboxylic acid groups (broad SMARTS) is 1. The number of aliphatic carboxylic acids is 1. The molecule has 2 N–H and O–H groups in total. The minimum Gasteiger partial charge on any atom is -0.481 e. The third-order valence-corrected chi connectivity index (χ3v) is 5.47. The van der Waals surface area contributed by atoms with Gasteiger partial charge in [0.1, 0.15) is 0 Å². The van der Waals surface area contributed by atoms with Crippen molar-refractivity contribution in [2.24, 2.45) is 5.92 Å². The summed E-state index contributed by atoms with van der Waals surface area (Å²) in [5.41, 5.74) is 4.69. The van der Waals surface area contributed by atoms with Crippen LogP contribution in [-0.4, -0.2) is 24.2 Å². The predicted molar refractivity (Wildman–Crippen MR) is 102 cm³/mol. The van der Waals surface area contributed by atoms with Crippen LogP contribution in [0.3, 0.4) is 0 Å². The summed E-state index contributed by atoms with van der Waals surface area (Å²) in [4.78, 5) is 22.7. The summed E-state index contributed by atoms with van der Waals surface area (Å²) < 4.78 is 4.77. The Labute approximate surface area is 157 Å². The van der Waals surface area contributed by atoms with Crippen molar-refractivity contribution in [2.45, 2.75) is 24.8 Å². The molecular formula is C22H21NO4. The molecule has 0 fully saturated rings. The summed E-state index contributed by atoms with van der Waals surface area (Å²) in [5, 5.41) is 12.7. The van der Waals surface area contributed by atoms with Gasteiger partial charge in [-0.2, -0.15) is 0 Å². The number of carbonyl (C=O) groups is 2. The molecule has 2 aromatic carbocycles. The van der Waals surface area contributed by atoms with Crippen LogP contribution in [0.4, 0.5) is 5.69 Å². The van der Waals surface area contributed by atoms with Gasteiger partial charge in [-0.05, 0) is 47.2 Å². The van der Waals surface area contributed by atoms with Crippen LogP contribution in [0.25, 0.3) is 0 Å². The van der Waals surface area contributed by atoms with Gasteiger partial charge in [-0.15, -0.1) is 0 Å². The van der Waals surface area contributed by atoms with E-state index < -0.39 is 5.97 Å². The van der Waals surface area contributed by atoms with E-state index in [0.717, 1.165) is 28.8 Å². The molecular weight excluding hydrogens is 342 g/mol. The molecule has 1 aliphatic heterocycles. The number of allylic oxidation sites excluding steroid dienone is 2. The fourth-order valence-electron chi connectivity index (χ4n) is 4.20. The van der Waals surface area contributed by atoms with E-state index >= 15 is 0 Å². The lowest BCUT2D eigenvalue weighted by molar-refractivity contribution is -0.136. The van der Waals surface area contributed by atoms with Gasteiger partial charge in [-0.25, -0.2) is 4.79 Å². The van der Waals surface area contributed by atoms with Crippen LogP contribution < -0.4 is 5.32 Å². The van der Waals surface area contributed by atoms with Gasteiger partial charge < -0.3 is 15.2 Å². The smallest absolute Gasteiger partial charge is 0.337 e. The van der Waals surface area contributed by atoms with E-state index in [4.69, 9.17) is 9.84 Å². The average Bonchev–Trinajstić information content (AvgIpc) is 3.17. The number of rotatable bonds is 4. The highest BCUT2D eigenvalue weighted by molar-refractivity contribution is 5.89. The maximum atomic E-state index is 11.7. The number of hydrogen-bond acceptors (Lipinski definition) is 4. The molecule has 1 aliphatic carbocycles. The lowest BCUT2D eigenvalue weighted by atomic mass is 9.76. The summed E-state index contributed by atoms with van der Waals surface area (Å²) in [6, 6.07) is 13.5. The molecule has 138 valence electrons. The second-order valence-corrected chi connectivity index (χ2v) is 7.08. The standard InChI is InChI=1S/C22H21NO4/c1-27-22(26)15-8-6-14(7-9-15)21-17-4-2-3-16(17)18-11-13(12-20(24)25)5-10-19(18)23-21/h2-3,5-11,16-17,21,23H,4,12H2,1H3,(H,24,25)/t16-,17-,21-/m0/s1. The van der Waals surface area contributed by atoms with Crippen LogP contribution in [-0.2, 0) is 16.0 Å². The highest BCUT2D eigenvalue weighted by Gasteiger charge is 2.37. The van der Waals surface area contributed by atoms with Crippen molar-refractivity contribution in [3.63, 3.8) is 0 Å². The largest absolute Gasteiger partial charge is 0.481 e. The van der Waals surface area contributed by atoms with Crippen molar-refractivity contribution in [1.82, 2.24) is 0 Å². The van der Waals surface area contributed by atoms with Gasteiger partial charge in [-0.1, -0.05) is 36.4 Å². The Kier molecular flexibility index (Phi) is 4.44. The number of hydrogen-bond donors (Lipinski definition) is 2. The van der Waals surface area contributed by atoms with Gasteiger partial charge in [0.2, 0.25) is 0 Å². The third kappa shape index (κ3) is 3.21. The fraction of sp³-hybridized carbons (Fsp3) is 0.273. The molecule has 0 saturated carbocycles. The molecule has 5 heteroatoms. The number of carboxylic acids is 1. The quantitative estimate of drug-likeness (QED) is 0.636. The van der Waals surface area contributed by atoms with Gasteiger partial charge >= 0.3 is 11.9 Å². The van der Waals surface area contributed by atoms with Crippen molar-refractivity contribution in [2.75, 3.05) is 12.4 Å². The monoisotopic (exact) mass is 363 g/mol. The third-order valence-electron chi connectivity index (χ3n) is 5.47. The molecule has 0 bridgehead atoms. The van der Waals surface area contributed by atoms with E-state index in [1.54, 1.807) is 12.1 Å². The van der Waals surface area contributed by atoms with Crippen molar-refractivity contribution >= 4 is 17.6 Å². The van der Waals surface area contributed by atoms with Crippen molar-refractivity contribution in [1.29, 1.82) is 0 Å². The van der Waals surface area contributed by atoms with Gasteiger partial charge in [-0.3, -0.25) is 4.79 Å². The second kappa shape index (κ2) is 6.91. The molecule has 2 aliphatic rings. The highest BCUT2D eigenvalue weighted by atomic mass is 16.5. The highest BCUT2D eigenvalue weighted by Crippen LogP contribution is 2.49. The first kappa shape index (κ1) is 17.3.